The van der Waals surface area contributed by atoms with Gasteiger partial charge in [-0.05, 0) is 48.5 Å². The van der Waals surface area contributed by atoms with Crippen LogP contribution in [0.1, 0.15) is 0 Å². The van der Waals surface area contributed by atoms with Crippen molar-refractivity contribution in [2.45, 2.75) is 0 Å². The van der Waals surface area contributed by atoms with Crippen LogP contribution >= 0.6 is 31.9 Å². The topological polar surface area (TPSA) is 77.3 Å². The number of ether oxygens (including phenoxy) is 2. The second-order valence-corrected chi connectivity index (χ2v) is 5.68. The van der Waals surface area contributed by atoms with Crippen LogP contribution in [0.4, 0.5) is 9.59 Å². The van der Waals surface area contributed by atoms with Gasteiger partial charge < -0.3 is 9.47 Å². The number of hydrogen-bond acceptors (Lipinski definition) is 4. The molecule has 112 valence electrons. The summed E-state index contributed by atoms with van der Waals surface area (Å²) >= 11 is 6.50. The number of nitrogens with zero attached hydrogens (tertiary/aromatic N) is 2. The third-order valence-corrected chi connectivity index (χ3v) is 3.31. The van der Waals surface area contributed by atoms with Crippen molar-refractivity contribution >= 4 is 44.0 Å². The zero-order chi connectivity index (χ0) is 15.9. The quantitative estimate of drug-likeness (QED) is 0.604. The van der Waals surface area contributed by atoms with E-state index in [0.29, 0.717) is 0 Å². The largest absolute Gasteiger partial charge is 0.458 e. The van der Waals surface area contributed by atoms with E-state index in [2.05, 4.69) is 42.1 Å². The van der Waals surface area contributed by atoms with E-state index in [0.717, 1.165) is 8.95 Å². The molecule has 0 aliphatic heterocycles. The molecular formula is C14H8Br2N2O4. The Hall–Kier alpha value is -2.06. The fraction of sp³-hybridized carbons (Fsp3) is 0. The molecule has 0 radical (unpaired) electrons. The van der Waals surface area contributed by atoms with Crippen LogP contribution < -0.4 is 9.47 Å². The highest BCUT2D eigenvalue weighted by molar-refractivity contribution is 9.10. The molecule has 0 fully saturated rings. The van der Waals surface area contributed by atoms with Gasteiger partial charge >= 0.3 is 12.2 Å². The first kappa shape index (κ1) is 16.3. The lowest BCUT2D eigenvalue weighted by Crippen LogP contribution is -2.05. The van der Waals surface area contributed by atoms with Crippen molar-refractivity contribution in [3.63, 3.8) is 0 Å². The molecule has 2 amide bonds. The number of amides is 2. The van der Waals surface area contributed by atoms with E-state index in [1.165, 1.54) is 0 Å². The van der Waals surface area contributed by atoms with Gasteiger partial charge in [0.05, 0.1) is 0 Å². The third-order valence-electron chi connectivity index (χ3n) is 2.25. The Morgan fingerprint density at radius 1 is 0.682 bits per heavy atom. The van der Waals surface area contributed by atoms with Crippen LogP contribution in [0, 0.1) is 0 Å². The molecule has 0 saturated carbocycles. The lowest BCUT2D eigenvalue weighted by Gasteiger charge is -2.00. The Bertz CT molecular complexity index is 638. The maximum absolute atomic E-state index is 11.4. The van der Waals surface area contributed by atoms with Crippen molar-refractivity contribution in [3.8, 4) is 11.5 Å². The van der Waals surface area contributed by atoms with E-state index in [-0.39, 0.29) is 11.5 Å². The van der Waals surface area contributed by atoms with Gasteiger partial charge in [-0.25, -0.2) is 9.59 Å². The van der Waals surface area contributed by atoms with Gasteiger partial charge in [-0.2, -0.15) is 0 Å². The average Bonchev–Trinajstić information content (AvgIpc) is 2.50. The Morgan fingerprint density at radius 2 is 1.00 bits per heavy atom. The number of carbonyl (C=O) groups is 2. The minimum atomic E-state index is -1.02. The molecule has 0 unspecified atom stereocenters. The summed E-state index contributed by atoms with van der Waals surface area (Å²) in [6.07, 6.45) is -2.04. The normalized spacial score (nSPS) is 10.5. The summed E-state index contributed by atoms with van der Waals surface area (Å²) in [5, 5.41) is 6.25. The van der Waals surface area contributed by atoms with Crippen molar-refractivity contribution < 1.29 is 19.1 Å². The van der Waals surface area contributed by atoms with Gasteiger partial charge in [-0.1, -0.05) is 42.1 Å². The molecule has 8 heteroatoms. The standard InChI is InChI=1S/C14H8Br2N2O4/c15-9-1-5-11(6-2-9)21-13(19)17-18-14(20)22-12-7-3-10(16)4-8-12/h1-8H/b18-17+. The van der Waals surface area contributed by atoms with Crippen molar-refractivity contribution in [1.29, 1.82) is 0 Å². The molecule has 0 saturated heterocycles. The Balaban J connectivity index is 1.87. The van der Waals surface area contributed by atoms with Crippen molar-refractivity contribution in [3.05, 3.63) is 57.5 Å². The van der Waals surface area contributed by atoms with E-state index in [1.807, 2.05) is 0 Å². The third kappa shape index (κ3) is 5.38. The Labute approximate surface area is 142 Å². The van der Waals surface area contributed by atoms with Crippen LogP contribution in [0.3, 0.4) is 0 Å². The van der Waals surface area contributed by atoms with Crippen LogP contribution in [0.15, 0.2) is 67.7 Å². The molecule has 22 heavy (non-hydrogen) atoms. The number of carbonyl (C=O) groups excluding carboxylic acids is 2. The van der Waals surface area contributed by atoms with Crippen LogP contribution in [0.25, 0.3) is 0 Å². The summed E-state index contributed by atoms with van der Waals surface area (Å²) in [4.78, 5) is 22.8. The molecule has 0 aromatic heterocycles. The molecule has 0 atom stereocenters. The highest BCUT2D eigenvalue weighted by Gasteiger charge is 2.06. The summed E-state index contributed by atoms with van der Waals surface area (Å²) in [6, 6.07) is 13.1. The smallest absolute Gasteiger partial charge is 0.408 e. The van der Waals surface area contributed by atoms with Crippen molar-refractivity contribution in [1.82, 2.24) is 0 Å². The number of rotatable bonds is 2. The zero-order valence-corrected chi connectivity index (χ0v) is 14.1. The summed E-state index contributed by atoms with van der Waals surface area (Å²) in [7, 11) is 0. The minimum Gasteiger partial charge on any atom is -0.408 e. The van der Waals surface area contributed by atoms with E-state index in [1.54, 1.807) is 48.5 Å². The molecule has 6 nitrogen and oxygen atoms in total. The lowest BCUT2D eigenvalue weighted by molar-refractivity contribution is 0.200. The van der Waals surface area contributed by atoms with E-state index < -0.39 is 12.2 Å². The van der Waals surface area contributed by atoms with Crippen LogP contribution in [-0.4, -0.2) is 12.2 Å². The van der Waals surface area contributed by atoms with Crippen LogP contribution in [0.5, 0.6) is 11.5 Å². The molecule has 0 heterocycles. The Kier molecular flexibility index (Phi) is 5.79. The van der Waals surface area contributed by atoms with Gasteiger partial charge in [0.15, 0.2) is 0 Å². The summed E-state index contributed by atoms with van der Waals surface area (Å²) in [6.45, 7) is 0. The summed E-state index contributed by atoms with van der Waals surface area (Å²) in [5.41, 5.74) is 0. The van der Waals surface area contributed by atoms with E-state index in [4.69, 9.17) is 9.47 Å². The monoisotopic (exact) mass is 426 g/mol. The number of benzene rings is 2. The van der Waals surface area contributed by atoms with Crippen molar-refractivity contribution in [2.24, 2.45) is 10.2 Å². The second kappa shape index (κ2) is 7.81. The molecule has 2 rings (SSSR count). The molecule has 0 spiro atoms. The van der Waals surface area contributed by atoms with Gasteiger partial charge in [-0.3, -0.25) is 0 Å². The molecule has 0 bridgehead atoms. The summed E-state index contributed by atoms with van der Waals surface area (Å²) in [5.74, 6) is 0.571. The average molecular weight is 428 g/mol. The Morgan fingerprint density at radius 3 is 1.32 bits per heavy atom. The van der Waals surface area contributed by atoms with Gasteiger partial charge in [0.1, 0.15) is 11.5 Å². The van der Waals surface area contributed by atoms with Gasteiger partial charge in [-0.15, -0.1) is 0 Å². The van der Waals surface area contributed by atoms with Crippen LogP contribution in [0.2, 0.25) is 0 Å². The summed E-state index contributed by atoms with van der Waals surface area (Å²) < 4.78 is 11.4. The van der Waals surface area contributed by atoms with Gasteiger partial charge in [0.2, 0.25) is 0 Å². The molecular weight excluding hydrogens is 420 g/mol. The van der Waals surface area contributed by atoms with Crippen LogP contribution in [-0.2, 0) is 0 Å². The molecule has 0 aliphatic rings. The highest BCUT2D eigenvalue weighted by Crippen LogP contribution is 2.17. The SMILES string of the molecule is O=C(/N=N/C(=O)Oc1ccc(Br)cc1)Oc1ccc(Br)cc1. The number of azo groups is 1. The van der Waals surface area contributed by atoms with Gasteiger partial charge in [0.25, 0.3) is 0 Å². The van der Waals surface area contributed by atoms with Gasteiger partial charge in [0, 0.05) is 8.95 Å². The highest BCUT2D eigenvalue weighted by atomic mass is 79.9. The lowest BCUT2D eigenvalue weighted by atomic mass is 10.3. The second-order valence-electron chi connectivity index (χ2n) is 3.84. The fourth-order valence-corrected chi connectivity index (χ4v) is 1.86. The first-order valence-electron chi connectivity index (χ1n) is 5.89. The minimum absolute atomic E-state index is 0.286. The predicted octanol–water partition coefficient (Wildman–Crippen LogP) is 5.36. The molecule has 2 aromatic rings. The number of halogens is 2. The predicted molar refractivity (Wildman–Crippen MR) is 85.2 cm³/mol. The first-order valence-corrected chi connectivity index (χ1v) is 7.48. The number of hydrogen-bond donors (Lipinski definition) is 0. The van der Waals surface area contributed by atoms with Crippen molar-refractivity contribution in [2.75, 3.05) is 0 Å². The zero-order valence-electron chi connectivity index (χ0n) is 10.9. The maximum Gasteiger partial charge on any atom is 0.458 e. The van der Waals surface area contributed by atoms with E-state index >= 15 is 0 Å². The molecule has 0 N–H and O–H groups in total. The van der Waals surface area contributed by atoms with E-state index in [9.17, 15) is 9.59 Å². The fourth-order valence-electron chi connectivity index (χ4n) is 1.33. The first-order chi connectivity index (χ1) is 10.5. The molecule has 2 aromatic carbocycles. The molecule has 0 aliphatic carbocycles. The maximum atomic E-state index is 11.4.